The summed E-state index contributed by atoms with van der Waals surface area (Å²) in [5.41, 5.74) is 1.17. The zero-order valence-electron chi connectivity index (χ0n) is 9.55. The van der Waals surface area contributed by atoms with Crippen molar-refractivity contribution in [1.82, 2.24) is 9.97 Å². The molecule has 3 rings (SSSR count). The van der Waals surface area contributed by atoms with Crippen molar-refractivity contribution in [2.45, 2.75) is 6.92 Å². The van der Waals surface area contributed by atoms with Gasteiger partial charge in [-0.3, -0.25) is 0 Å². The Bertz CT molecular complexity index is 711. The van der Waals surface area contributed by atoms with E-state index in [2.05, 4.69) is 38.6 Å². The van der Waals surface area contributed by atoms with Gasteiger partial charge in [-0.2, -0.15) is 0 Å². The fourth-order valence-corrected chi connectivity index (χ4v) is 2.81. The summed E-state index contributed by atoms with van der Waals surface area (Å²) >= 11 is 3.85. The summed E-state index contributed by atoms with van der Waals surface area (Å²) in [7, 11) is 0. The van der Waals surface area contributed by atoms with E-state index in [0.717, 1.165) is 19.5 Å². The number of ether oxygens (including phenoxy) is 1. The van der Waals surface area contributed by atoms with Gasteiger partial charge in [0.1, 0.15) is 16.9 Å². The van der Waals surface area contributed by atoms with Crippen molar-refractivity contribution in [3.63, 3.8) is 0 Å². The molecule has 3 aromatic rings. The van der Waals surface area contributed by atoms with Crippen LogP contribution in [0.5, 0.6) is 11.6 Å². The summed E-state index contributed by atoms with van der Waals surface area (Å²) in [4.78, 5) is 9.37. The summed E-state index contributed by atoms with van der Waals surface area (Å²) in [6, 6.07) is 8.10. The van der Waals surface area contributed by atoms with Gasteiger partial charge in [0.25, 0.3) is 0 Å². The number of rotatable bonds is 2. The van der Waals surface area contributed by atoms with Crippen LogP contribution in [0.2, 0.25) is 0 Å². The Labute approximate surface area is 122 Å². The third kappa shape index (κ3) is 2.20. The summed E-state index contributed by atoms with van der Waals surface area (Å²) in [6.07, 6.45) is 1.54. The Balaban J connectivity index is 2.06. The molecule has 2 aromatic heterocycles. The van der Waals surface area contributed by atoms with E-state index in [1.54, 1.807) is 11.3 Å². The Kier molecular flexibility index (Phi) is 3.17. The lowest BCUT2D eigenvalue weighted by Crippen LogP contribution is -1.92. The van der Waals surface area contributed by atoms with Crippen LogP contribution in [0.4, 0.5) is 0 Å². The van der Waals surface area contributed by atoms with Crippen molar-refractivity contribution < 1.29 is 4.74 Å². The van der Waals surface area contributed by atoms with Crippen molar-refractivity contribution in [2.75, 3.05) is 0 Å². The highest BCUT2D eigenvalue weighted by Gasteiger charge is 2.09. The molecule has 3 nitrogen and oxygen atoms in total. The quantitative estimate of drug-likeness (QED) is 0.629. The van der Waals surface area contributed by atoms with E-state index in [-0.39, 0.29) is 0 Å². The highest BCUT2D eigenvalue weighted by molar-refractivity contribution is 14.1. The first kappa shape index (κ1) is 11.9. The molecule has 0 aliphatic heterocycles. The second-order valence-corrected chi connectivity index (χ2v) is 5.91. The van der Waals surface area contributed by atoms with E-state index in [9.17, 15) is 0 Å². The van der Waals surface area contributed by atoms with E-state index < -0.39 is 0 Å². The van der Waals surface area contributed by atoms with Crippen LogP contribution >= 0.6 is 33.9 Å². The number of thiophene rings is 1. The lowest BCUT2D eigenvalue weighted by atomic mass is 10.2. The minimum Gasteiger partial charge on any atom is -0.437 e. The molecule has 0 unspecified atom stereocenters. The van der Waals surface area contributed by atoms with E-state index in [4.69, 9.17) is 4.74 Å². The van der Waals surface area contributed by atoms with Crippen molar-refractivity contribution in [2.24, 2.45) is 0 Å². The van der Waals surface area contributed by atoms with Crippen LogP contribution in [0.1, 0.15) is 5.56 Å². The van der Waals surface area contributed by atoms with E-state index >= 15 is 0 Å². The van der Waals surface area contributed by atoms with Gasteiger partial charge in [-0.15, -0.1) is 11.3 Å². The second kappa shape index (κ2) is 4.81. The van der Waals surface area contributed by atoms with Crippen LogP contribution in [0.3, 0.4) is 0 Å². The fraction of sp³-hybridized carbons (Fsp3) is 0.0769. The summed E-state index contributed by atoms with van der Waals surface area (Å²) in [5, 5.41) is 2.95. The largest absolute Gasteiger partial charge is 0.437 e. The number of nitrogens with zero attached hydrogens (tertiary/aromatic N) is 2. The zero-order valence-corrected chi connectivity index (χ0v) is 12.5. The molecule has 0 aliphatic rings. The predicted molar refractivity (Wildman–Crippen MR) is 81.4 cm³/mol. The number of hydrogen-bond acceptors (Lipinski definition) is 4. The Morgan fingerprint density at radius 1 is 1.22 bits per heavy atom. The summed E-state index contributed by atoms with van der Waals surface area (Å²) in [6.45, 7) is 2.04. The average molecular weight is 368 g/mol. The van der Waals surface area contributed by atoms with Gasteiger partial charge < -0.3 is 4.74 Å². The van der Waals surface area contributed by atoms with Gasteiger partial charge in [0.15, 0.2) is 0 Å². The summed E-state index contributed by atoms with van der Waals surface area (Å²) < 4.78 is 6.98. The fourth-order valence-electron chi connectivity index (χ4n) is 1.64. The maximum atomic E-state index is 5.91. The van der Waals surface area contributed by atoms with Crippen LogP contribution in [0, 0.1) is 10.5 Å². The molecule has 0 fully saturated rings. The molecule has 2 heterocycles. The Morgan fingerprint density at radius 3 is 3.00 bits per heavy atom. The van der Waals surface area contributed by atoms with Gasteiger partial charge in [-0.05, 0) is 58.7 Å². The Hall–Kier alpha value is -1.21. The molecule has 0 saturated heterocycles. The molecular weight excluding hydrogens is 359 g/mol. The highest BCUT2D eigenvalue weighted by Crippen LogP contribution is 2.32. The molecule has 90 valence electrons. The zero-order chi connectivity index (χ0) is 12.5. The van der Waals surface area contributed by atoms with Gasteiger partial charge in [0.05, 0.1) is 8.96 Å². The van der Waals surface area contributed by atoms with Crippen LogP contribution in [0.15, 0.2) is 36.0 Å². The van der Waals surface area contributed by atoms with E-state index in [1.807, 2.05) is 30.5 Å². The van der Waals surface area contributed by atoms with Crippen molar-refractivity contribution in [3.05, 3.63) is 45.1 Å². The summed E-state index contributed by atoms with van der Waals surface area (Å²) in [5.74, 6) is 1.45. The lowest BCUT2D eigenvalue weighted by molar-refractivity contribution is 0.465. The van der Waals surface area contributed by atoms with Crippen molar-refractivity contribution >= 4 is 44.1 Å². The molecular formula is C13H9IN2OS. The smallest absolute Gasteiger partial charge is 0.231 e. The van der Waals surface area contributed by atoms with Crippen molar-refractivity contribution in [1.29, 1.82) is 0 Å². The van der Waals surface area contributed by atoms with Gasteiger partial charge in [0.2, 0.25) is 5.88 Å². The number of aromatic nitrogens is 2. The van der Waals surface area contributed by atoms with Crippen LogP contribution in [-0.2, 0) is 0 Å². The lowest BCUT2D eigenvalue weighted by Gasteiger charge is -2.08. The van der Waals surface area contributed by atoms with Gasteiger partial charge >= 0.3 is 0 Å². The van der Waals surface area contributed by atoms with Gasteiger partial charge in [0, 0.05) is 0 Å². The molecule has 0 atom stereocenters. The molecule has 5 heteroatoms. The molecule has 0 bridgehead atoms. The van der Waals surface area contributed by atoms with E-state index in [1.165, 1.54) is 11.9 Å². The number of benzene rings is 1. The van der Waals surface area contributed by atoms with Crippen LogP contribution < -0.4 is 4.74 Å². The topological polar surface area (TPSA) is 35.0 Å². The maximum absolute atomic E-state index is 5.91. The van der Waals surface area contributed by atoms with Gasteiger partial charge in [-0.1, -0.05) is 6.07 Å². The second-order valence-electron chi connectivity index (χ2n) is 3.85. The predicted octanol–water partition coefficient (Wildman–Crippen LogP) is 4.40. The van der Waals surface area contributed by atoms with E-state index in [0.29, 0.717) is 5.88 Å². The third-order valence-corrected chi connectivity index (χ3v) is 4.23. The maximum Gasteiger partial charge on any atom is 0.231 e. The first-order valence-electron chi connectivity index (χ1n) is 5.36. The number of halogens is 1. The average Bonchev–Trinajstić information content (AvgIpc) is 2.83. The Morgan fingerprint density at radius 2 is 2.11 bits per heavy atom. The number of fused-ring (bicyclic) bond motifs is 1. The molecule has 0 amide bonds. The standard InChI is InChI=1S/C13H9IN2OS/c1-8-2-3-10(14)11(6-8)17-12-9-4-5-18-13(9)16-7-15-12/h2-7H,1H3. The minimum atomic E-state index is 0.616. The highest BCUT2D eigenvalue weighted by atomic mass is 127. The SMILES string of the molecule is Cc1ccc(I)c(Oc2ncnc3sccc23)c1. The molecule has 0 N–H and O–H groups in total. The number of hydrogen-bond donors (Lipinski definition) is 0. The monoisotopic (exact) mass is 368 g/mol. The van der Waals surface area contributed by atoms with Crippen LogP contribution in [-0.4, -0.2) is 9.97 Å². The minimum absolute atomic E-state index is 0.616. The van der Waals surface area contributed by atoms with Crippen LogP contribution in [0.25, 0.3) is 10.2 Å². The molecule has 18 heavy (non-hydrogen) atoms. The molecule has 0 spiro atoms. The first-order chi connectivity index (χ1) is 8.74. The molecule has 1 aromatic carbocycles. The normalized spacial score (nSPS) is 10.8. The van der Waals surface area contributed by atoms with Crippen molar-refractivity contribution in [3.8, 4) is 11.6 Å². The first-order valence-corrected chi connectivity index (χ1v) is 7.32. The third-order valence-electron chi connectivity index (χ3n) is 2.52. The number of aryl methyl sites for hydroxylation is 1. The molecule has 0 radical (unpaired) electrons. The molecule has 0 aliphatic carbocycles. The van der Waals surface area contributed by atoms with Gasteiger partial charge in [-0.25, -0.2) is 9.97 Å². The molecule has 0 saturated carbocycles.